The summed E-state index contributed by atoms with van der Waals surface area (Å²) in [7, 11) is 3.17. The van der Waals surface area contributed by atoms with E-state index in [2.05, 4.69) is 10.1 Å². The van der Waals surface area contributed by atoms with Crippen LogP contribution in [0.15, 0.2) is 18.2 Å². The zero-order valence-corrected chi connectivity index (χ0v) is 14.4. The smallest absolute Gasteiger partial charge is 0.339 e. The fraction of sp³-hybridized carbons (Fsp3) is 0.529. The number of methoxy groups -OCH3 is 1. The molecule has 0 aliphatic heterocycles. The zero-order valence-electron chi connectivity index (χ0n) is 13.6. The lowest BCUT2D eigenvalue weighted by Crippen LogP contribution is -2.41. The molecular formula is C17H23ClN2O3. The topological polar surface area (TPSA) is 58.6 Å². The van der Waals surface area contributed by atoms with Gasteiger partial charge >= 0.3 is 5.97 Å². The summed E-state index contributed by atoms with van der Waals surface area (Å²) in [5.74, 6) is -0.448. The minimum absolute atomic E-state index is 0.0477. The monoisotopic (exact) mass is 338 g/mol. The maximum Gasteiger partial charge on any atom is 0.339 e. The van der Waals surface area contributed by atoms with E-state index in [1.165, 1.54) is 26.4 Å². The Bertz CT molecular complexity index is 571. The highest BCUT2D eigenvalue weighted by atomic mass is 35.5. The van der Waals surface area contributed by atoms with E-state index in [9.17, 15) is 9.59 Å². The third-order valence-electron chi connectivity index (χ3n) is 4.33. The van der Waals surface area contributed by atoms with Crippen LogP contribution in [0.25, 0.3) is 0 Å². The van der Waals surface area contributed by atoms with E-state index in [4.69, 9.17) is 11.6 Å². The zero-order chi connectivity index (χ0) is 16.8. The van der Waals surface area contributed by atoms with Gasteiger partial charge in [0.1, 0.15) is 0 Å². The summed E-state index contributed by atoms with van der Waals surface area (Å²) in [5, 5.41) is 3.38. The molecule has 0 radical (unpaired) electrons. The van der Waals surface area contributed by atoms with Gasteiger partial charge in [-0.25, -0.2) is 4.79 Å². The van der Waals surface area contributed by atoms with E-state index in [0.717, 1.165) is 12.8 Å². The fourth-order valence-electron chi connectivity index (χ4n) is 2.88. The van der Waals surface area contributed by atoms with Gasteiger partial charge < -0.3 is 15.0 Å². The first kappa shape index (κ1) is 17.6. The van der Waals surface area contributed by atoms with Crippen molar-refractivity contribution in [3.8, 4) is 0 Å². The van der Waals surface area contributed by atoms with Gasteiger partial charge in [0.2, 0.25) is 5.91 Å². The van der Waals surface area contributed by atoms with Gasteiger partial charge in [0.05, 0.1) is 24.2 Å². The summed E-state index contributed by atoms with van der Waals surface area (Å²) < 4.78 is 4.69. The molecule has 1 aromatic rings. The molecule has 0 bridgehead atoms. The van der Waals surface area contributed by atoms with Gasteiger partial charge in [-0.15, -0.1) is 0 Å². The van der Waals surface area contributed by atoms with Crippen LogP contribution in [-0.2, 0) is 9.53 Å². The first-order valence-corrected chi connectivity index (χ1v) is 8.28. The molecule has 126 valence electrons. The summed E-state index contributed by atoms with van der Waals surface area (Å²) in [6.45, 7) is 0.190. The van der Waals surface area contributed by atoms with Gasteiger partial charge in [-0.3, -0.25) is 4.79 Å². The number of amides is 1. The molecule has 1 amide bonds. The van der Waals surface area contributed by atoms with Gasteiger partial charge in [0, 0.05) is 18.8 Å². The Morgan fingerprint density at radius 1 is 1.30 bits per heavy atom. The molecule has 1 fully saturated rings. The Morgan fingerprint density at radius 2 is 2.00 bits per heavy atom. The molecule has 1 saturated carbocycles. The van der Waals surface area contributed by atoms with Gasteiger partial charge in [-0.2, -0.15) is 0 Å². The van der Waals surface area contributed by atoms with Crippen LogP contribution in [0.1, 0.15) is 42.5 Å². The molecule has 0 unspecified atom stereocenters. The first-order valence-electron chi connectivity index (χ1n) is 7.90. The van der Waals surface area contributed by atoms with Gasteiger partial charge in [-0.1, -0.05) is 30.9 Å². The molecule has 23 heavy (non-hydrogen) atoms. The number of ether oxygens (including phenoxy) is 1. The average Bonchev–Trinajstić information content (AvgIpc) is 2.60. The van der Waals surface area contributed by atoms with Gasteiger partial charge in [0.25, 0.3) is 0 Å². The van der Waals surface area contributed by atoms with Crippen molar-refractivity contribution < 1.29 is 14.3 Å². The lowest BCUT2D eigenvalue weighted by atomic mass is 9.94. The summed E-state index contributed by atoms with van der Waals surface area (Å²) in [6.07, 6.45) is 5.80. The molecule has 1 aliphatic rings. The Morgan fingerprint density at radius 3 is 2.65 bits per heavy atom. The third kappa shape index (κ3) is 4.61. The molecule has 1 aromatic carbocycles. The van der Waals surface area contributed by atoms with Crippen molar-refractivity contribution in [1.29, 1.82) is 0 Å². The first-order chi connectivity index (χ1) is 11.0. The van der Waals surface area contributed by atoms with Crippen molar-refractivity contribution in [2.45, 2.75) is 38.1 Å². The van der Waals surface area contributed by atoms with E-state index in [-0.39, 0.29) is 18.0 Å². The van der Waals surface area contributed by atoms with Crippen LogP contribution < -0.4 is 5.32 Å². The highest BCUT2D eigenvalue weighted by molar-refractivity contribution is 6.33. The van der Waals surface area contributed by atoms with E-state index in [0.29, 0.717) is 16.8 Å². The molecule has 0 atom stereocenters. The molecule has 0 heterocycles. The van der Waals surface area contributed by atoms with E-state index < -0.39 is 5.97 Å². The van der Waals surface area contributed by atoms with Crippen LogP contribution in [0.5, 0.6) is 0 Å². The van der Waals surface area contributed by atoms with E-state index in [1.807, 2.05) is 11.9 Å². The molecule has 1 N–H and O–H groups in total. The largest absolute Gasteiger partial charge is 0.465 e. The number of likely N-dealkylation sites (N-methyl/N-ethyl adjacent to an activating group) is 1. The number of carbonyl (C=O) groups excluding carboxylic acids is 2. The number of anilines is 1. The predicted molar refractivity (Wildman–Crippen MR) is 90.9 cm³/mol. The van der Waals surface area contributed by atoms with Crippen molar-refractivity contribution in [3.63, 3.8) is 0 Å². The third-order valence-corrected chi connectivity index (χ3v) is 4.66. The molecule has 0 aromatic heterocycles. The molecule has 2 rings (SSSR count). The van der Waals surface area contributed by atoms with Gasteiger partial charge in [0.15, 0.2) is 0 Å². The number of carbonyl (C=O) groups is 2. The Hall–Kier alpha value is -1.75. The van der Waals surface area contributed by atoms with Crippen molar-refractivity contribution in [3.05, 3.63) is 28.8 Å². The minimum Gasteiger partial charge on any atom is -0.465 e. The number of esters is 1. The number of rotatable bonds is 5. The van der Waals surface area contributed by atoms with Crippen LogP contribution in [-0.4, -0.2) is 43.5 Å². The van der Waals surface area contributed by atoms with Gasteiger partial charge in [-0.05, 0) is 31.0 Å². The normalized spacial score (nSPS) is 15.1. The Balaban J connectivity index is 1.94. The predicted octanol–water partition coefficient (Wildman–Crippen LogP) is 3.33. The van der Waals surface area contributed by atoms with Crippen LogP contribution in [0.3, 0.4) is 0 Å². The lowest BCUT2D eigenvalue weighted by molar-refractivity contribution is -0.130. The van der Waals surface area contributed by atoms with Crippen LogP contribution in [0.2, 0.25) is 5.02 Å². The maximum atomic E-state index is 12.3. The number of halogens is 1. The molecule has 0 saturated heterocycles. The van der Waals surface area contributed by atoms with Crippen molar-refractivity contribution in [2.75, 3.05) is 26.0 Å². The molecule has 6 heteroatoms. The number of hydrogen-bond donors (Lipinski definition) is 1. The van der Waals surface area contributed by atoms with Crippen LogP contribution in [0, 0.1) is 0 Å². The number of benzene rings is 1. The summed E-state index contributed by atoms with van der Waals surface area (Å²) >= 11 is 5.98. The fourth-order valence-corrected chi connectivity index (χ4v) is 3.07. The summed E-state index contributed by atoms with van der Waals surface area (Å²) in [6, 6.07) is 5.30. The van der Waals surface area contributed by atoms with Crippen molar-refractivity contribution in [2.24, 2.45) is 0 Å². The quantitative estimate of drug-likeness (QED) is 0.837. The SMILES string of the molecule is COC(=O)c1cc(NCC(=O)N(C)C2CCCCC2)ccc1Cl. The lowest BCUT2D eigenvalue weighted by Gasteiger charge is -2.31. The summed E-state index contributed by atoms with van der Waals surface area (Å²) in [4.78, 5) is 25.8. The second-order valence-electron chi connectivity index (χ2n) is 5.84. The second-order valence-corrected chi connectivity index (χ2v) is 6.24. The molecule has 0 spiro atoms. The average molecular weight is 339 g/mol. The van der Waals surface area contributed by atoms with Crippen LogP contribution >= 0.6 is 11.6 Å². The standard InChI is InChI=1S/C17H23ClN2O3/c1-20(13-6-4-3-5-7-13)16(21)11-19-12-8-9-15(18)14(10-12)17(22)23-2/h8-10,13,19H,3-7,11H2,1-2H3. The van der Waals surface area contributed by atoms with Crippen molar-refractivity contribution in [1.82, 2.24) is 4.90 Å². The minimum atomic E-state index is -0.496. The number of nitrogens with zero attached hydrogens (tertiary/aromatic N) is 1. The highest BCUT2D eigenvalue weighted by Crippen LogP contribution is 2.23. The number of hydrogen-bond acceptors (Lipinski definition) is 4. The Kier molecular flexibility index (Phi) is 6.28. The van der Waals surface area contributed by atoms with E-state index in [1.54, 1.807) is 18.2 Å². The molecular weight excluding hydrogens is 316 g/mol. The van der Waals surface area contributed by atoms with Crippen LogP contribution in [0.4, 0.5) is 5.69 Å². The second kappa shape index (κ2) is 8.20. The highest BCUT2D eigenvalue weighted by Gasteiger charge is 2.21. The van der Waals surface area contributed by atoms with Crippen molar-refractivity contribution >= 4 is 29.2 Å². The number of nitrogens with one attached hydrogen (secondary N) is 1. The Labute approximate surface area is 141 Å². The molecule has 5 nitrogen and oxygen atoms in total. The summed E-state index contributed by atoms with van der Waals surface area (Å²) in [5.41, 5.74) is 0.951. The molecule has 1 aliphatic carbocycles. The maximum absolute atomic E-state index is 12.3. The van der Waals surface area contributed by atoms with E-state index >= 15 is 0 Å².